The molecule has 0 spiro atoms. The van der Waals surface area contributed by atoms with Crippen LogP contribution in [0.2, 0.25) is 0 Å². The molecule has 2 aliphatic rings. The number of rotatable bonds is 1. The Hall–Kier alpha value is -0.0400. The Labute approximate surface area is 81.9 Å². The lowest BCUT2D eigenvalue weighted by atomic mass is 9.85. The van der Waals surface area contributed by atoms with Crippen molar-refractivity contribution in [3.63, 3.8) is 0 Å². The second-order valence-electron chi connectivity index (χ2n) is 5.01. The van der Waals surface area contributed by atoms with E-state index in [-0.39, 0.29) is 0 Å². The summed E-state index contributed by atoms with van der Waals surface area (Å²) < 4.78 is 6.08. The molecule has 1 heterocycles. The monoisotopic (exact) mass is 182 g/mol. The third-order valence-corrected chi connectivity index (χ3v) is 3.84. The largest absolute Gasteiger partial charge is 0.375 e. The third-order valence-electron chi connectivity index (χ3n) is 3.84. The lowest BCUT2D eigenvalue weighted by Crippen LogP contribution is -2.37. The summed E-state index contributed by atoms with van der Waals surface area (Å²) >= 11 is 0. The van der Waals surface area contributed by atoms with E-state index in [1.165, 1.54) is 38.5 Å². The Morgan fingerprint density at radius 2 is 1.62 bits per heavy atom. The maximum atomic E-state index is 6.08. The average molecular weight is 182 g/mol. The number of ether oxygens (including phenoxy) is 1. The van der Waals surface area contributed by atoms with Gasteiger partial charge in [0.2, 0.25) is 0 Å². The molecule has 1 aliphatic carbocycles. The predicted octanol–water partition coefficient (Wildman–Crippen LogP) is 3.38. The minimum atomic E-state index is 0.516. The molecule has 0 radical (unpaired) electrons. The zero-order chi connectivity index (χ0) is 9.26. The summed E-state index contributed by atoms with van der Waals surface area (Å²) in [5.74, 6) is 1.69. The zero-order valence-electron chi connectivity index (χ0n) is 8.96. The molecule has 1 heteroatoms. The Morgan fingerprint density at radius 3 is 2.31 bits per heavy atom. The van der Waals surface area contributed by atoms with E-state index in [4.69, 9.17) is 4.74 Å². The van der Waals surface area contributed by atoms with Crippen LogP contribution in [0.3, 0.4) is 0 Å². The molecular formula is C12H22O. The molecule has 0 aromatic heterocycles. The highest BCUT2D eigenvalue weighted by Crippen LogP contribution is 2.37. The van der Waals surface area contributed by atoms with E-state index in [2.05, 4.69) is 13.8 Å². The summed E-state index contributed by atoms with van der Waals surface area (Å²) in [6, 6.07) is 0. The van der Waals surface area contributed by atoms with Crippen molar-refractivity contribution >= 4 is 0 Å². The summed E-state index contributed by atoms with van der Waals surface area (Å²) in [5.41, 5.74) is 0. The standard InChI is InChI=1S/C12H22O/c1-9-7-8-10(2)13-12(9)11-5-3-4-6-11/h9-12H,3-8H2,1-2H3. The van der Waals surface area contributed by atoms with Crippen LogP contribution >= 0.6 is 0 Å². The van der Waals surface area contributed by atoms with Crippen LogP contribution < -0.4 is 0 Å². The van der Waals surface area contributed by atoms with Gasteiger partial charge in [-0.15, -0.1) is 0 Å². The van der Waals surface area contributed by atoms with Crippen LogP contribution in [0.4, 0.5) is 0 Å². The first kappa shape index (κ1) is 9.51. The lowest BCUT2D eigenvalue weighted by Gasteiger charge is -2.37. The molecule has 0 bridgehead atoms. The van der Waals surface area contributed by atoms with Gasteiger partial charge in [0.05, 0.1) is 12.2 Å². The van der Waals surface area contributed by atoms with E-state index < -0.39 is 0 Å². The molecule has 13 heavy (non-hydrogen) atoms. The number of hydrogen-bond donors (Lipinski definition) is 0. The highest BCUT2D eigenvalue weighted by atomic mass is 16.5. The number of hydrogen-bond acceptors (Lipinski definition) is 1. The van der Waals surface area contributed by atoms with Gasteiger partial charge >= 0.3 is 0 Å². The topological polar surface area (TPSA) is 9.23 Å². The van der Waals surface area contributed by atoms with Gasteiger partial charge in [-0.3, -0.25) is 0 Å². The molecule has 0 amide bonds. The van der Waals surface area contributed by atoms with E-state index in [1.54, 1.807) is 0 Å². The second-order valence-corrected chi connectivity index (χ2v) is 5.01. The molecule has 0 N–H and O–H groups in total. The highest BCUT2D eigenvalue weighted by molar-refractivity contribution is 4.83. The molecule has 2 rings (SSSR count). The van der Waals surface area contributed by atoms with E-state index in [1.807, 2.05) is 0 Å². The Morgan fingerprint density at radius 1 is 0.923 bits per heavy atom. The van der Waals surface area contributed by atoms with E-state index in [9.17, 15) is 0 Å². The van der Waals surface area contributed by atoms with Crippen LogP contribution in [-0.2, 0) is 4.74 Å². The Bertz CT molecular complexity index is 161. The van der Waals surface area contributed by atoms with Gasteiger partial charge in [-0.05, 0) is 44.4 Å². The van der Waals surface area contributed by atoms with E-state index >= 15 is 0 Å². The fraction of sp³-hybridized carbons (Fsp3) is 1.00. The van der Waals surface area contributed by atoms with Crippen molar-refractivity contribution in [3.05, 3.63) is 0 Å². The van der Waals surface area contributed by atoms with Gasteiger partial charge in [-0.2, -0.15) is 0 Å². The van der Waals surface area contributed by atoms with Gasteiger partial charge in [-0.1, -0.05) is 19.8 Å². The minimum absolute atomic E-state index is 0.516. The fourth-order valence-corrected chi connectivity index (χ4v) is 2.99. The zero-order valence-corrected chi connectivity index (χ0v) is 8.96. The molecule has 1 saturated carbocycles. The van der Waals surface area contributed by atoms with Crippen molar-refractivity contribution in [1.82, 2.24) is 0 Å². The Balaban J connectivity index is 1.94. The Kier molecular flexibility index (Phi) is 2.92. The molecule has 0 aromatic carbocycles. The molecule has 3 unspecified atom stereocenters. The van der Waals surface area contributed by atoms with Gasteiger partial charge in [0.1, 0.15) is 0 Å². The maximum absolute atomic E-state index is 6.08. The van der Waals surface area contributed by atoms with Crippen LogP contribution in [0.15, 0.2) is 0 Å². The molecule has 2 fully saturated rings. The van der Waals surface area contributed by atoms with E-state index in [0.29, 0.717) is 12.2 Å². The van der Waals surface area contributed by atoms with Gasteiger partial charge in [0.25, 0.3) is 0 Å². The van der Waals surface area contributed by atoms with Crippen LogP contribution in [-0.4, -0.2) is 12.2 Å². The minimum Gasteiger partial charge on any atom is -0.375 e. The maximum Gasteiger partial charge on any atom is 0.0632 e. The van der Waals surface area contributed by atoms with Crippen LogP contribution in [0.5, 0.6) is 0 Å². The van der Waals surface area contributed by atoms with Crippen LogP contribution in [0.1, 0.15) is 52.4 Å². The average Bonchev–Trinajstić information content (AvgIpc) is 2.61. The normalized spacial score (nSPS) is 42.5. The molecule has 3 atom stereocenters. The van der Waals surface area contributed by atoms with Crippen molar-refractivity contribution < 1.29 is 4.74 Å². The van der Waals surface area contributed by atoms with Gasteiger partial charge in [-0.25, -0.2) is 0 Å². The summed E-state index contributed by atoms with van der Waals surface area (Å²) in [7, 11) is 0. The molecular weight excluding hydrogens is 160 g/mol. The summed E-state index contributed by atoms with van der Waals surface area (Å²) in [4.78, 5) is 0. The third kappa shape index (κ3) is 2.07. The fourth-order valence-electron chi connectivity index (χ4n) is 2.99. The molecule has 1 nitrogen and oxygen atoms in total. The first-order chi connectivity index (χ1) is 6.27. The van der Waals surface area contributed by atoms with Gasteiger partial charge in [0, 0.05) is 0 Å². The predicted molar refractivity (Wildman–Crippen MR) is 54.7 cm³/mol. The SMILES string of the molecule is CC1CCC(C)C(C2CCCC2)O1. The van der Waals surface area contributed by atoms with Crippen molar-refractivity contribution in [3.8, 4) is 0 Å². The molecule has 1 saturated heterocycles. The molecule has 76 valence electrons. The smallest absolute Gasteiger partial charge is 0.0632 e. The quantitative estimate of drug-likeness (QED) is 0.604. The summed E-state index contributed by atoms with van der Waals surface area (Å²) in [5, 5.41) is 0. The summed E-state index contributed by atoms with van der Waals surface area (Å²) in [6.07, 6.45) is 9.46. The van der Waals surface area contributed by atoms with Crippen molar-refractivity contribution in [2.45, 2.75) is 64.6 Å². The van der Waals surface area contributed by atoms with Gasteiger partial charge < -0.3 is 4.74 Å². The van der Waals surface area contributed by atoms with Crippen LogP contribution in [0, 0.1) is 11.8 Å². The van der Waals surface area contributed by atoms with Crippen molar-refractivity contribution in [2.75, 3.05) is 0 Å². The van der Waals surface area contributed by atoms with Crippen molar-refractivity contribution in [2.24, 2.45) is 11.8 Å². The van der Waals surface area contributed by atoms with Crippen molar-refractivity contribution in [1.29, 1.82) is 0 Å². The first-order valence-corrected chi connectivity index (χ1v) is 5.93. The first-order valence-electron chi connectivity index (χ1n) is 5.93. The summed E-state index contributed by atoms with van der Waals surface area (Å²) in [6.45, 7) is 4.60. The molecule has 0 aromatic rings. The van der Waals surface area contributed by atoms with E-state index in [0.717, 1.165) is 11.8 Å². The second kappa shape index (κ2) is 4.00. The van der Waals surface area contributed by atoms with Crippen LogP contribution in [0.25, 0.3) is 0 Å². The van der Waals surface area contributed by atoms with Gasteiger partial charge in [0.15, 0.2) is 0 Å². The molecule has 1 aliphatic heterocycles. The lowest BCUT2D eigenvalue weighted by molar-refractivity contribution is -0.0967. The highest BCUT2D eigenvalue weighted by Gasteiger charge is 2.33.